The van der Waals surface area contributed by atoms with Crippen molar-refractivity contribution in [2.45, 2.75) is 38.8 Å². The maximum atomic E-state index is 12.9. The van der Waals surface area contributed by atoms with E-state index in [4.69, 9.17) is 4.74 Å². The van der Waals surface area contributed by atoms with Gasteiger partial charge in [0, 0.05) is 25.7 Å². The predicted octanol–water partition coefficient (Wildman–Crippen LogP) is 4.41. The number of methoxy groups -OCH3 is 1. The lowest BCUT2D eigenvalue weighted by Gasteiger charge is -2.32. The maximum Gasteiger partial charge on any atom is 0.255 e. The fourth-order valence-corrected chi connectivity index (χ4v) is 4.24. The molecule has 0 radical (unpaired) electrons. The Hall–Kier alpha value is -1.85. The Balaban J connectivity index is 1.59. The van der Waals surface area contributed by atoms with Crippen molar-refractivity contribution in [3.05, 3.63) is 63.6 Å². The molecule has 2 aromatic carbocycles. The van der Waals surface area contributed by atoms with Gasteiger partial charge in [-0.1, -0.05) is 37.3 Å². The molecular formula is C22H27BrN2O2. The SMILES string of the molecule is CCc1cc(Br)c(OC)c(C(=O)NC2CCN(Cc3ccccc3)CC2)c1. The highest BCUT2D eigenvalue weighted by atomic mass is 79.9. The van der Waals surface area contributed by atoms with Crippen molar-refractivity contribution in [3.63, 3.8) is 0 Å². The Kier molecular flexibility index (Phi) is 6.91. The van der Waals surface area contributed by atoms with E-state index < -0.39 is 0 Å². The summed E-state index contributed by atoms with van der Waals surface area (Å²) in [5.74, 6) is 0.551. The van der Waals surface area contributed by atoms with E-state index >= 15 is 0 Å². The number of carbonyl (C=O) groups excluding carboxylic acids is 1. The molecule has 1 saturated heterocycles. The molecule has 0 spiro atoms. The Morgan fingerprint density at radius 3 is 2.52 bits per heavy atom. The number of hydrogen-bond acceptors (Lipinski definition) is 3. The molecule has 1 amide bonds. The number of carbonyl (C=O) groups is 1. The summed E-state index contributed by atoms with van der Waals surface area (Å²) in [7, 11) is 1.60. The second-order valence-corrected chi connectivity index (χ2v) is 7.88. The Morgan fingerprint density at radius 2 is 1.89 bits per heavy atom. The van der Waals surface area contributed by atoms with Gasteiger partial charge in [-0.05, 0) is 58.5 Å². The Labute approximate surface area is 170 Å². The Bertz CT molecular complexity index is 771. The molecule has 1 aliphatic heterocycles. The van der Waals surface area contributed by atoms with Gasteiger partial charge in [0.15, 0.2) is 0 Å². The molecule has 0 saturated carbocycles. The van der Waals surface area contributed by atoms with Crippen LogP contribution in [0, 0.1) is 0 Å². The van der Waals surface area contributed by atoms with Gasteiger partial charge < -0.3 is 10.1 Å². The predicted molar refractivity (Wildman–Crippen MR) is 112 cm³/mol. The molecule has 0 atom stereocenters. The molecule has 144 valence electrons. The minimum absolute atomic E-state index is 0.0515. The molecular weight excluding hydrogens is 404 g/mol. The van der Waals surface area contributed by atoms with Crippen molar-refractivity contribution >= 4 is 21.8 Å². The highest BCUT2D eigenvalue weighted by Crippen LogP contribution is 2.31. The number of benzene rings is 2. The number of aryl methyl sites for hydroxylation is 1. The van der Waals surface area contributed by atoms with E-state index in [1.165, 1.54) is 5.56 Å². The van der Waals surface area contributed by atoms with Gasteiger partial charge in [-0.15, -0.1) is 0 Å². The normalized spacial score (nSPS) is 15.5. The fourth-order valence-electron chi connectivity index (χ4n) is 3.57. The van der Waals surface area contributed by atoms with Gasteiger partial charge in [0.25, 0.3) is 5.91 Å². The largest absolute Gasteiger partial charge is 0.495 e. The monoisotopic (exact) mass is 430 g/mol. The number of ether oxygens (including phenoxy) is 1. The first-order chi connectivity index (χ1) is 13.1. The number of piperidine rings is 1. The van der Waals surface area contributed by atoms with Crippen molar-refractivity contribution in [3.8, 4) is 5.75 Å². The average molecular weight is 431 g/mol. The van der Waals surface area contributed by atoms with Crippen LogP contribution >= 0.6 is 15.9 Å². The van der Waals surface area contributed by atoms with Gasteiger partial charge in [0.05, 0.1) is 17.1 Å². The van der Waals surface area contributed by atoms with Crippen LogP contribution < -0.4 is 10.1 Å². The van der Waals surface area contributed by atoms with E-state index in [0.29, 0.717) is 11.3 Å². The van der Waals surface area contributed by atoms with E-state index in [9.17, 15) is 4.79 Å². The van der Waals surface area contributed by atoms with E-state index in [2.05, 4.69) is 57.3 Å². The number of hydrogen-bond donors (Lipinski definition) is 1. The molecule has 2 aromatic rings. The number of nitrogens with one attached hydrogen (secondary N) is 1. The summed E-state index contributed by atoms with van der Waals surface area (Å²) >= 11 is 3.52. The Morgan fingerprint density at radius 1 is 1.19 bits per heavy atom. The molecule has 1 aliphatic rings. The zero-order valence-electron chi connectivity index (χ0n) is 16.0. The molecule has 0 aromatic heterocycles. The number of halogens is 1. The third kappa shape index (κ3) is 5.11. The highest BCUT2D eigenvalue weighted by molar-refractivity contribution is 9.10. The molecule has 5 heteroatoms. The third-order valence-corrected chi connectivity index (χ3v) is 5.72. The summed E-state index contributed by atoms with van der Waals surface area (Å²) in [5, 5.41) is 3.21. The first-order valence-electron chi connectivity index (χ1n) is 9.54. The van der Waals surface area contributed by atoms with Gasteiger partial charge in [0.1, 0.15) is 5.75 Å². The van der Waals surface area contributed by atoms with E-state index in [1.807, 2.05) is 18.2 Å². The average Bonchev–Trinajstić information content (AvgIpc) is 2.69. The van der Waals surface area contributed by atoms with Crippen LogP contribution in [0.25, 0.3) is 0 Å². The number of likely N-dealkylation sites (tertiary alicyclic amines) is 1. The minimum Gasteiger partial charge on any atom is -0.495 e. The lowest BCUT2D eigenvalue weighted by molar-refractivity contribution is 0.0905. The summed E-state index contributed by atoms with van der Waals surface area (Å²) < 4.78 is 6.28. The molecule has 3 rings (SSSR count). The maximum absolute atomic E-state index is 12.9. The summed E-state index contributed by atoms with van der Waals surface area (Å²) in [6.07, 6.45) is 2.81. The topological polar surface area (TPSA) is 41.6 Å². The number of nitrogens with zero attached hydrogens (tertiary/aromatic N) is 1. The van der Waals surface area contributed by atoms with Crippen molar-refractivity contribution in [2.75, 3.05) is 20.2 Å². The van der Waals surface area contributed by atoms with Crippen molar-refractivity contribution < 1.29 is 9.53 Å². The molecule has 4 nitrogen and oxygen atoms in total. The summed E-state index contributed by atoms with van der Waals surface area (Å²) in [4.78, 5) is 15.3. The van der Waals surface area contributed by atoms with Crippen LogP contribution in [0.1, 0.15) is 41.3 Å². The van der Waals surface area contributed by atoms with Gasteiger partial charge in [-0.3, -0.25) is 9.69 Å². The van der Waals surface area contributed by atoms with Gasteiger partial charge in [0.2, 0.25) is 0 Å². The van der Waals surface area contributed by atoms with Crippen LogP contribution in [-0.4, -0.2) is 37.0 Å². The third-order valence-electron chi connectivity index (χ3n) is 5.13. The fraction of sp³-hybridized carbons (Fsp3) is 0.409. The van der Waals surface area contributed by atoms with Crippen LogP contribution in [0.3, 0.4) is 0 Å². The number of rotatable bonds is 6. The summed E-state index contributed by atoms with van der Waals surface area (Å²) in [6, 6.07) is 14.7. The van der Waals surface area contributed by atoms with Crippen LogP contribution in [-0.2, 0) is 13.0 Å². The van der Waals surface area contributed by atoms with Crippen LogP contribution in [0.5, 0.6) is 5.75 Å². The molecule has 0 unspecified atom stereocenters. The van der Waals surface area contributed by atoms with Gasteiger partial charge in [-0.25, -0.2) is 0 Å². The zero-order chi connectivity index (χ0) is 19.2. The molecule has 0 aliphatic carbocycles. The van der Waals surface area contributed by atoms with E-state index in [0.717, 1.165) is 48.9 Å². The smallest absolute Gasteiger partial charge is 0.255 e. The molecule has 1 heterocycles. The van der Waals surface area contributed by atoms with Crippen LogP contribution in [0.15, 0.2) is 46.9 Å². The summed E-state index contributed by atoms with van der Waals surface area (Å²) in [5.41, 5.74) is 3.06. The standard InChI is InChI=1S/C22H27BrN2O2/c1-3-16-13-19(21(27-2)20(23)14-16)22(26)24-18-9-11-25(12-10-18)15-17-7-5-4-6-8-17/h4-8,13-14,18H,3,9-12,15H2,1-2H3,(H,24,26). The highest BCUT2D eigenvalue weighted by Gasteiger charge is 2.23. The molecule has 27 heavy (non-hydrogen) atoms. The quantitative estimate of drug-likeness (QED) is 0.737. The second-order valence-electron chi connectivity index (χ2n) is 7.02. The number of amides is 1. The van der Waals surface area contributed by atoms with E-state index in [-0.39, 0.29) is 11.9 Å². The molecule has 1 fully saturated rings. The second kappa shape index (κ2) is 9.38. The van der Waals surface area contributed by atoms with Crippen LogP contribution in [0.4, 0.5) is 0 Å². The first-order valence-corrected chi connectivity index (χ1v) is 10.3. The zero-order valence-corrected chi connectivity index (χ0v) is 17.6. The van der Waals surface area contributed by atoms with Crippen LogP contribution in [0.2, 0.25) is 0 Å². The van der Waals surface area contributed by atoms with Crippen molar-refractivity contribution in [1.29, 1.82) is 0 Å². The van der Waals surface area contributed by atoms with Crippen molar-refractivity contribution in [1.82, 2.24) is 10.2 Å². The lowest BCUT2D eigenvalue weighted by atomic mass is 10.0. The lowest BCUT2D eigenvalue weighted by Crippen LogP contribution is -2.44. The van der Waals surface area contributed by atoms with Gasteiger partial charge >= 0.3 is 0 Å². The first kappa shape index (κ1) is 19.9. The van der Waals surface area contributed by atoms with Gasteiger partial charge in [-0.2, -0.15) is 0 Å². The molecule has 1 N–H and O–H groups in total. The molecule has 0 bridgehead atoms. The van der Waals surface area contributed by atoms with E-state index in [1.54, 1.807) is 7.11 Å². The summed E-state index contributed by atoms with van der Waals surface area (Å²) in [6.45, 7) is 5.05. The van der Waals surface area contributed by atoms with Crippen molar-refractivity contribution in [2.24, 2.45) is 0 Å². The minimum atomic E-state index is -0.0515.